The summed E-state index contributed by atoms with van der Waals surface area (Å²) < 4.78 is 1.41. The lowest BCUT2D eigenvalue weighted by atomic mass is 9.91. The van der Waals surface area contributed by atoms with Gasteiger partial charge in [0.1, 0.15) is 12.9 Å². The van der Waals surface area contributed by atoms with E-state index in [1.54, 1.807) is 0 Å². The number of carbonyl (C=O) groups is 1. The van der Waals surface area contributed by atoms with Crippen molar-refractivity contribution < 1.29 is 4.79 Å². The Kier molecular flexibility index (Phi) is 5.75. The molecule has 1 amide bonds. The van der Waals surface area contributed by atoms with Crippen LogP contribution in [-0.4, -0.2) is 44.1 Å². The van der Waals surface area contributed by atoms with Crippen molar-refractivity contribution in [2.45, 2.75) is 39.9 Å². The smallest absolute Gasteiger partial charge is 0.242 e. The molecule has 1 aromatic carbocycles. The quantitative estimate of drug-likeness (QED) is 0.860. The Hall–Kier alpha value is -2.28. The van der Waals surface area contributed by atoms with Crippen molar-refractivity contribution >= 4 is 5.91 Å². The molecule has 0 aliphatic carbocycles. The summed E-state index contributed by atoms with van der Waals surface area (Å²) in [6, 6.07) is 8.34. The average Bonchev–Trinajstić information content (AvgIpc) is 3.06. The predicted octanol–water partition coefficient (Wildman–Crippen LogP) is 1.47. The number of carbonyl (C=O) groups excluding carboxylic acids is 1. The highest BCUT2D eigenvalue weighted by Gasteiger charge is 2.22. The molecule has 2 heterocycles. The Morgan fingerprint density at radius 2 is 1.92 bits per heavy atom. The summed E-state index contributed by atoms with van der Waals surface area (Å²) in [5, 5.41) is 13.7. The summed E-state index contributed by atoms with van der Waals surface area (Å²) in [7, 11) is 0. The van der Waals surface area contributed by atoms with Crippen LogP contribution in [0.15, 0.2) is 30.6 Å². The van der Waals surface area contributed by atoms with Crippen LogP contribution < -0.4 is 5.32 Å². The van der Waals surface area contributed by atoms with Crippen LogP contribution >= 0.6 is 0 Å². The normalized spacial score (nSPS) is 21.2. The zero-order chi connectivity index (χ0) is 17.6. The molecule has 0 unspecified atom stereocenters. The van der Waals surface area contributed by atoms with Gasteiger partial charge in [-0.15, -0.1) is 5.10 Å². The average molecular weight is 342 g/mol. The SMILES string of the molecule is C[C@H]1C[C@H](C)CN(Cc2ccccc2CNC(=O)Cn2cnnn2)C1. The van der Waals surface area contributed by atoms with Crippen molar-refractivity contribution in [3.63, 3.8) is 0 Å². The molecular formula is C18H26N6O. The Morgan fingerprint density at radius 1 is 1.20 bits per heavy atom. The van der Waals surface area contributed by atoms with E-state index in [0.717, 1.165) is 31.5 Å². The summed E-state index contributed by atoms with van der Waals surface area (Å²) in [6.45, 7) is 8.54. The van der Waals surface area contributed by atoms with Gasteiger partial charge >= 0.3 is 0 Å². The second-order valence-corrected chi connectivity index (χ2v) is 7.19. The largest absolute Gasteiger partial charge is 0.350 e. The fraction of sp³-hybridized carbons (Fsp3) is 0.556. The third kappa shape index (κ3) is 5.09. The van der Waals surface area contributed by atoms with Crippen molar-refractivity contribution in [3.05, 3.63) is 41.7 Å². The highest BCUT2D eigenvalue weighted by atomic mass is 16.2. The van der Waals surface area contributed by atoms with E-state index in [1.807, 2.05) is 6.07 Å². The maximum atomic E-state index is 12.0. The van der Waals surface area contributed by atoms with Crippen LogP contribution in [0.3, 0.4) is 0 Å². The van der Waals surface area contributed by atoms with Crippen LogP contribution in [0.5, 0.6) is 0 Å². The summed E-state index contributed by atoms with van der Waals surface area (Å²) in [5.74, 6) is 1.39. The molecule has 134 valence electrons. The fourth-order valence-corrected chi connectivity index (χ4v) is 3.70. The maximum absolute atomic E-state index is 12.0. The van der Waals surface area contributed by atoms with Crippen molar-refractivity contribution in [1.82, 2.24) is 30.4 Å². The van der Waals surface area contributed by atoms with Crippen LogP contribution in [0.4, 0.5) is 0 Å². The van der Waals surface area contributed by atoms with Crippen LogP contribution in [0.1, 0.15) is 31.4 Å². The number of aromatic nitrogens is 4. The molecule has 0 bridgehead atoms. The molecule has 2 aromatic rings. The summed E-state index contributed by atoms with van der Waals surface area (Å²) >= 11 is 0. The molecule has 1 aliphatic rings. The van der Waals surface area contributed by atoms with E-state index >= 15 is 0 Å². The standard InChI is InChI=1S/C18H26N6O/c1-14-7-15(2)10-23(9-14)11-17-6-4-3-5-16(17)8-19-18(25)12-24-13-20-21-22-24/h3-6,13-15H,7-12H2,1-2H3,(H,19,25)/t14-,15-/m0/s1. The van der Waals surface area contributed by atoms with E-state index < -0.39 is 0 Å². The summed E-state index contributed by atoms with van der Waals surface area (Å²) in [6.07, 6.45) is 2.75. The molecule has 1 aliphatic heterocycles. The van der Waals surface area contributed by atoms with Crippen LogP contribution in [0, 0.1) is 11.8 Å². The number of nitrogens with zero attached hydrogens (tertiary/aromatic N) is 5. The van der Waals surface area contributed by atoms with E-state index in [0.29, 0.717) is 6.54 Å². The highest BCUT2D eigenvalue weighted by molar-refractivity contribution is 5.75. The van der Waals surface area contributed by atoms with Crippen molar-refractivity contribution in [2.75, 3.05) is 13.1 Å². The Balaban J connectivity index is 1.58. The number of likely N-dealkylation sites (tertiary alicyclic amines) is 1. The van der Waals surface area contributed by atoms with Crippen LogP contribution in [0.25, 0.3) is 0 Å². The molecule has 0 saturated carbocycles. The number of hydrogen-bond acceptors (Lipinski definition) is 5. The third-order valence-corrected chi connectivity index (χ3v) is 4.63. The first-order chi connectivity index (χ1) is 12.1. The Morgan fingerprint density at radius 3 is 2.60 bits per heavy atom. The second-order valence-electron chi connectivity index (χ2n) is 7.19. The molecule has 1 saturated heterocycles. The molecule has 25 heavy (non-hydrogen) atoms. The molecular weight excluding hydrogens is 316 g/mol. The van der Waals surface area contributed by atoms with Crippen LogP contribution in [-0.2, 0) is 24.4 Å². The molecule has 0 spiro atoms. The Bertz CT molecular complexity index is 677. The van der Waals surface area contributed by atoms with Gasteiger partial charge in [-0.25, -0.2) is 4.68 Å². The first kappa shape index (κ1) is 17.5. The molecule has 1 aromatic heterocycles. The van der Waals surface area contributed by atoms with E-state index in [1.165, 1.54) is 28.6 Å². The number of rotatable bonds is 6. The minimum absolute atomic E-state index is 0.0951. The van der Waals surface area contributed by atoms with Gasteiger partial charge in [-0.1, -0.05) is 38.1 Å². The molecule has 1 N–H and O–H groups in total. The first-order valence-corrected chi connectivity index (χ1v) is 8.86. The molecule has 2 atom stereocenters. The van der Waals surface area contributed by atoms with E-state index in [4.69, 9.17) is 0 Å². The predicted molar refractivity (Wildman–Crippen MR) is 94.3 cm³/mol. The number of benzene rings is 1. The third-order valence-electron chi connectivity index (χ3n) is 4.63. The minimum atomic E-state index is -0.0951. The van der Waals surface area contributed by atoms with Gasteiger partial charge in [-0.2, -0.15) is 0 Å². The summed E-state index contributed by atoms with van der Waals surface area (Å²) in [4.78, 5) is 14.6. The molecule has 1 fully saturated rings. The second kappa shape index (κ2) is 8.20. The van der Waals surface area contributed by atoms with Gasteiger partial charge in [0.2, 0.25) is 5.91 Å². The molecule has 0 radical (unpaired) electrons. The lowest BCUT2D eigenvalue weighted by Crippen LogP contribution is -2.38. The van der Waals surface area contributed by atoms with E-state index in [9.17, 15) is 4.79 Å². The number of amides is 1. The maximum Gasteiger partial charge on any atom is 0.242 e. The van der Waals surface area contributed by atoms with Gasteiger partial charge in [-0.3, -0.25) is 9.69 Å². The Labute approximate surface area is 148 Å². The fourth-order valence-electron chi connectivity index (χ4n) is 3.70. The monoisotopic (exact) mass is 342 g/mol. The highest BCUT2D eigenvalue weighted by Crippen LogP contribution is 2.23. The van der Waals surface area contributed by atoms with Gasteiger partial charge in [-0.05, 0) is 39.8 Å². The molecule has 7 nitrogen and oxygen atoms in total. The van der Waals surface area contributed by atoms with Gasteiger partial charge in [0.05, 0.1) is 0 Å². The topological polar surface area (TPSA) is 75.9 Å². The van der Waals surface area contributed by atoms with Crippen LogP contribution in [0.2, 0.25) is 0 Å². The van der Waals surface area contributed by atoms with Crippen molar-refractivity contribution in [3.8, 4) is 0 Å². The van der Waals surface area contributed by atoms with E-state index in [-0.39, 0.29) is 12.5 Å². The zero-order valence-electron chi connectivity index (χ0n) is 14.9. The summed E-state index contributed by atoms with van der Waals surface area (Å²) in [5.41, 5.74) is 2.45. The lowest BCUT2D eigenvalue weighted by Gasteiger charge is -2.35. The zero-order valence-corrected chi connectivity index (χ0v) is 14.9. The molecule has 3 rings (SSSR count). The van der Waals surface area contributed by atoms with Gasteiger partial charge in [0.25, 0.3) is 0 Å². The number of piperidine rings is 1. The van der Waals surface area contributed by atoms with E-state index in [2.05, 4.69) is 57.8 Å². The first-order valence-electron chi connectivity index (χ1n) is 8.86. The number of tetrazole rings is 1. The van der Waals surface area contributed by atoms with Crippen molar-refractivity contribution in [2.24, 2.45) is 11.8 Å². The molecule has 7 heteroatoms. The van der Waals surface area contributed by atoms with Gasteiger partial charge in [0.15, 0.2) is 0 Å². The van der Waals surface area contributed by atoms with Gasteiger partial charge in [0, 0.05) is 26.2 Å². The number of hydrogen-bond donors (Lipinski definition) is 1. The lowest BCUT2D eigenvalue weighted by molar-refractivity contribution is -0.122. The minimum Gasteiger partial charge on any atom is -0.350 e. The van der Waals surface area contributed by atoms with Crippen molar-refractivity contribution in [1.29, 1.82) is 0 Å². The number of nitrogens with one attached hydrogen (secondary N) is 1. The van der Waals surface area contributed by atoms with Gasteiger partial charge < -0.3 is 5.32 Å².